The first-order valence-electron chi connectivity index (χ1n) is 15.6. The molecule has 0 aliphatic heterocycles. The van der Waals surface area contributed by atoms with Crippen molar-refractivity contribution in [1.82, 2.24) is 4.90 Å². The number of carbonyl (C=O) groups excluding carboxylic acids is 2. The number of ketones is 1. The van der Waals surface area contributed by atoms with Gasteiger partial charge in [0.15, 0.2) is 5.76 Å². The molecule has 6 rings (SSSR count). The summed E-state index contributed by atoms with van der Waals surface area (Å²) in [5, 5.41) is 10.4. The number of nitrogens with zero attached hydrogens (tertiary/aromatic N) is 1. The number of carbonyl (C=O) groups is 2. The first-order chi connectivity index (χ1) is 19.2. The van der Waals surface area contributed by atoms with Gasteiger partial charge in [-0.15, -0.1) is 0 Å². The third-order valence-corrected chi connectivity index (χ3v) is 13.0. The fourth-order valence-corrected chi connectivity index (χ4v) is 10.0. The van der Waals surface area contributed by atoms with E-state index in [2.05, 4.69) is 58.9 Å². The van der Waals surface area contributed by atoms with Crippen LogP contribution in [0.5, 0.6) is 0 Å². The zero-order chi connectivity index (χ0) is 29.6. The maximum Gasteiger partial charge on any atom is 0.228 e. The lowest BCUT2D eigenvalue weighted by Crippen LogP contribution is -2.62. The lowest BCUT2D eigenvalue weighted by atomic mass is 9.34. The van der Waals surface area contributed by atoms with Gasteiger partial charge in [-0.05, 0) is 96.8 Å². The van der Waals surface area contributed by atoms with E-state index in [1.807, 2.05) is 37.1 Å². The maximum absolute atomic E-state index is 14.1. The Morgan fingerprint density at radius 3 is 2.34 bits per heavy atom. The molecule has 0 radical (unpaired) electrons. The average molecular weight is 554 g/mol. The highest BCUT2D eigenvalue weighted by Gasteiger charge is 2.67. The van der Waals surface area contributed by atoms with Crippen molar-refractivity contribution in [2.45, 2.75) is 93.0 Å². The first kappa shape index (κ1) is 28.2. The van der Waals surface area contributed by atoms with Crippen molar-refractivity contribution < 1.29 is 14.7 Å². The molecule has 4 unspecified atom stereocenters. The molecule has 0 aromatic heterocycles. The van der Waals surface area contributed by atoms with Crippen molar-refractivity contribution in [3.63, 3.8) is 0 Å². The van der Waals surface area contributed by atoms with Crippen molar-refractivity contribution >= 4 is 11.7 Å². The maximum atomic E-state index is 14.1. The molecule has 3 fully saturated rings. The van der Waals surface area contributed by atoms with Crippen molar-refractivity contribution in [2.75, 3.05) is 7.05 Å². The zero-order valence-corrected chi connectivity index (χ0v) is 26.1. The van der Waals surface area contributed by atoms with E-state index < -0.39 is 0 Å². The first-order valence-corrected chi connectivity index (χ1v) is 15.6. The number of amides is 1. The van der Waals surface area contributed by atoms with E-state index in [0.717, 1.165) is 56.1 Å². The molecule has 0 saturated heterocycles. The van der Waals surface area contributed by atoms with E-state index in [0.29, 0.717) is 18.0 Å². The smallest absolute Gasteiger partial charge is 0.228 e. The summed E-state index contributed by atoms with van der Waals surface area (Å²) in [7, 11) is 1.97. The molecule has 0 bridgehead atoms. The third-order valence-electron chi connectivity index (χ3n) is 13.0. The second-order valence-corrected chi connectivity index (χ2v) is 15.3. The van der Waals surface area contributed by atoms with Crippen molar-refractivity contribution in [3.8, 4) is 0 Å². The highest BCUT2D eigenvalue weighted by atomic mass is 16.3. The van der Waals surface area contributed by atoms with Gasteiger partial charge in [0.05, 0.1) is 0 Å². The Morgan fingerprint density at radius 1 is 0.951 bits per heavy atom. The summed E-state index contributed by atoms with van der Waals surface area (Å²) in [5.41, 5.74) is 5.03. The molecule has 41 heavy (non-hydrogen) atoms. The standard InChI is InChI=1S/C37H47NO3/c1-24-26-13-14-29-35(4,27(26)21-28(39)31(24)40)18-20-37(6)30-22-34(3,16-15-33(30,2)17-19-36(29,37)5)32(41)38(7)23-25-11-9-8-10-12-25/h8-14,21,30,40H,15-20,22-23H2,1-7H3/t30?,33?,34-,35?,36?,37+/m1/s1. The van der Waals surface area contributed by atoms with Gasteiger partial charge >= 0.3 is 0 Å². The van der Waals surface area contributed by atoms with Crippen LogP contribution < -0.4 is 0 Å². The molecule has 1 aromatic carbocycles. The van der Waals surface area contributed by atoms with E-state index in [1.165, 1.54) is 11.1 Å². The minimum Gasteiger partial charge on any atom is -0.504 e. The number of fused-ring (bicyclic) bond motifs is 7. The molecular formula is C37H47NO3. The predicted molar refractivity (Wildman–Crippen MR) is 164 cm³/mol. The van der Waals surface area contributed by atoms with E-state index in [9.17, 15) is 14.7 Å². The Kier molecular flexibility index (Phi) is 6.24. The summed E-state index contributed by atoms with van der Waals surface area (Å²) < 4.78 is 0. The summed E-state index contributed by atoms with van der Waals surface area (Å²) in [4.78, 5) is 28.8. The van der Waals surface area contributed by atoms with Crippen molar-refractivity contribution in [2.24, 2.45) is 33.0 Å². The van der Waals surface area contributed by atoms with Crippen molar-refractivity contribution in [3.05, 3.63) is 82.2 Å². The number of aliphatic hydroxyl groups is 1. The minimum absolute atomic E-state index is 0.0373. The molecule has 4 heteroatoms. The van der Waals surface area contributed by atoms with Crippen LogP contribution in [0.25, 0.3) is 0 Å². The molecule has 5 aliphatic carbocycles. The van der Waals surface area contributed by atoms with E-state index >= 15 is 0 Å². The summed E-state index contributed by atoms with van der Waals surface area (Å²) in [6.07, 6.45) is 13.5. The Bertz CT molecular complexity index is 1450. The van der Waals surface area contributed by atoms with Crippen LogP contribution in [-0.4, -0.2) is 28.7 Å². The third kappa shape index (κ3) is 3.85. The highest BCUT2D eigenvalue weighted by Crippen LogP contribution is 2.75. The summed E-state index contributed by atoms with van der Waals surface area (Å²) in [6, 6.07) is 10.3. The topological polar surface area (TPSA) is 57.6 Å². The lowest BCUT2D eigenvalue weighted by Gasteiger charge is -2.70. The second-order valence-electron chi connectivity index (χ2n) is 15.3. The molecule has 6 atom stereocenters. The quantitative estimate of drug-likeness (QED) is 0.410. The average Bonchev–Trinajstić information content (AvgIpc) is 2.94. The second kappa shape index (κ2) is 9.06. The number of rotatable bonds is 3. The molecule has 5 aliphatic rings. The number of aliphatic hydroxyl groups excluding tert-OH is 1. The number of hydrogen-bond donors (Lipinski definition) is 1. The number of allylic oxidation sites excluding steroid dienone is 7. The minimum atomic E-state index is -0.374. The molecule has 218 valence electrons. The molecular weight excluding hydrogens is 506 g/mol. The molecule has 0 spiro atoms. The van der Waals surface area contributed by atoms with Crippen LogP contribution in [0, 0.1) is 33.0 Å². The van der Waals surface area contributed by atoms with Gasteiger partial charge < -0.3 is 10.0 Å². The Hall–Kier alpha value is -2.88. The molecule has 1 aromatic rings. The van der Waals surface area contributed by atoms with Gasteiger partial charge in [0.2, 0.25) is 11.7 Å². The van der Waals surface area contributed by atoms with Crippen LogP contribution in [0.3, 0.4) is 0 Å². The van der Waals surface area contributed by atoms with Crippen LogP contribution in [-0.2, 0) is 16.1 Å². The van der Waals surface area contributed by atoms with Crippen LogP contribution in [0.2, 0.25) is 0 Å². The Labute approximate surface area is 246 Å². The monoisotopic (exact) mass is 553 g/mol. The van der Waals surface area contributed by atoms with Crippen LogP contribution >= 0.6 is 0 Å². The SMILES string of the molecule is CC1=C(O)C(=O)C=C2C1=CC=C1C2(C)CC[C@@]2(C)C3C[C@](C)(C(=O)N(C)Cc4ccccc4)CCC3(C)CCC12C. The number of hydrogen-bond acceptors (Lipinski definition) is 3. The van der Waals surface area contributed by atoms with Crippen LogP contribution in [0.1, 0.15) is 92.1 Å². The summed E-state index contributed by atoms with van der Waals surface area (Å²) in [6.45, 7) is 14.6. The van der Waals surface area contributed by atoms with E-state index in [1.54, 1.807) is 6.08 Å². The predicted octanol–water partition coefficient (Wildman–Crippen LogP) is 8.27. The molecule has 1 amide bonds. The van der Waals surface area contributed by atoms with Crippen LogP contribution in [0.15, 0.2) is 76.6 Å². The van der Waals surface area contributed by atoms with E-state index in [-0.39, 0.29) is 44.5 Å². The number of benzene rings is 1. The van der Waals surface area contributed by atoms with Gasteiger partial charge in [-0.1, -0.05) is 82.7 Å². The Morgan fingerprint density at radius 2 is 1.63 bits per heavy atom. The van der Waals surface area contributed by atoms with E-state index in [4.69, 9.17) is 0 Å². The van der Waals surface area contributed by atoms with Gasteiger partial charge in [0, 0.05) is 30.0 Å². The fraction of sp³-hybridized carbons (Fsp3) is 0.568. The summed E-state index contributed by atoms with van der Waals surface area (Å²) in [5.74, 6) is 0.319. The van der Waals surface area contributed by atoms with Gasteiger partial charge in [-0.2, -0.15) is 0 Å². The fourth-order valence-electron chi connectivity index (χ4n) is 10.0. The van der Waals surface area contributed by atoms with Crippen molar-refractivity contribution in [1.29, 1.82) is 0 Å². The molecule has 0 heterocycles. The Balaban J connectivity index is 1.36. The summed E-state index contributed by atoms with van der Waals surface area (Å²) >= 11 is 0. The lowest BCUT2D eigenvalue weighted by molar-refractivity contribution is -0.174. The van der Waals surface area contributed by atoms with Gasteiger partial charge in [0.25, 0.3) is 0 Å². The highest BCUT2D eigenvalue weighted by molar-refractivity contribution is 6.06. The van der Waals surface area contributed by atoms with Gasteiger partial charge in [-0.25, -0.2) is 0 Å². The van der Waals surface area contributed by atoms with Gasteiger partial charge in [-0.3, -0.25) is 9.59 Å². The van der Waals surface area contributed by atoms with Gasteiger partial charge in [0.1, 0.15) is 0 Å². The zero-order valence-electron chi connectivity index (χ0n) is 26.1. The molecule has 1 N–H and O–H groups in total. The largest absolute Gasteiger partial charge is 0.504 e. The normalized spacial score (nSPS) is 39.8. The van der Waals surface area contributed by atoms with Crippen LogP contribution in [0.4, 0.5) is 0 Å². The molecule has 3 saturated carbocycles. The molecule has 4 nitrogen and oxygen atoms in total.